The van der Waals surface area contributed by atoms with Crippen molar-refractivity contribution in [1.29, 1.82) is 5.26 Å². The van der Waals surface area contributed by atoms with E-state index >= 15 is 0 Å². The molecule has 0 aliphatic heterocycles. The molecule has 0 fully saturated rings. The molecule has 2 nitrogen and oxygen atoms in total. The molecule has 1 rings (SSSR count). The van der Waals surface area contributed by atoms with Crippen LogP contribution in [0.5, 0.6) is 0 Å². The molecule has 0 spiro atoms. The van der Waals surface area contributed by atoms with E-state index in [4.69, 9.17) is 5.26 Å². The average Bonchev–Trinajstić information content (AvgIpc) is 2.23. The number of alkyl halides is 3. The number of aryl methyl sites for hydroxylation is 1. The monoisotopic (exact) mass is 261 g/mol. The van der Waals surface area contributed by atoms with Crippen LogP contribution in [0, 0.1) is 24.2 Å². The van der Waals surface area contributed by atoms with Gasteiger partial charge in [0.25, 0.3) is 0 Å². The summed E-state index contributed by atoms with van der Waals surface area (Å²) in [6.07, 6.45) is -4.63. The van der Waals surface area contributed by atoms with E-state index in [-0.39, 0.29) is 0 Å². The Kier molecular flexibility index (Phi) is 4.29. The van der Waals surface area contributed by atoms with E-state index < -0.39 is 28.6 Å². The van der Waals surface area contributed by atoms with Gasteiger partial charge in [0.1, 0.15) is 0 Å². The van der Waals surface area contributed by atoms with Crippen molar-refractivity contribution in [2.24, 2.45) is 5.92 Å². The minimum atomic E-state index is -4.63. The van der Waals surface area contributed by atoms with E-state index in [9.17, 15) is 17.4 Å². The molecule has 0 radical (unpaired) electrons. The molecule has 0 aliphatic rings. The van der Waals surface area contributed by atoms with Crippen LogP contribution in [0.25, 0.3) is 0 Å². The van der Waals surface area contributed by atoms with Gasteiger partial charge in [-0.3, -0.25) is 4.21 Å². The molecule has 92 valence electrons. The number of rotatable bonds is 3. The molecule has 0 saturated heterocycles. The van der Waals surface area contributed by atoms with Gasteiger partial charge in [0.05, 0.1) is 22.6 Å². The van der Waals surface area contributed by atoms with Gasteiger partial charge < -0.3 is 0 Å². The quantitative estimate of drug-likeness (QED) is 0.839. The summed E-state index contributed by atoms with van der Waals surface area (Å²) in [6, 6.07) is 7.57. The molecule has 0 aromatic heterocycles. The summed E-state index contributed by atoms with van der Waals surface area (Å²) >= 11 is 0. The van der Waals surface area contributed by atoms with Crippen molar-refractivity contribution >= 4 is 10.8 Å². The molecule has 0 amide bonds. The lowest BCUT2D eigenvalue weighted by atomic mass is 10.2. The SMILES string of the molecule is Cc1cccc(S(=O)CC(C#N)C(F)(F)F)c1. The van der Waals surface area contributed by atoms with Gasteiger partial charge >= 0.3 is 6.18 Å². The van der Waals surface area contributed by atoms with Crippen LogP contribution in [0.15, 0.2) is 29.2 Å². The second kappa shape index (κ2) is 5.32. The smallest absolute Gasteiger partial charge is 0.254 e. The van der Waals surface area contributed by atoms with Crippen LogP contribution in [-0.4, -0.2) is 16.1 Å². The summed E-state index contributed by atoms with van der Waals surface area (Å²) in [7, 11) is -1.81. The van der Waals surface area contributed by atoms with Gasteiger partial charge in [-0.15, -0.1) is 0 Å². The molecule has 2 atom stereocenters. The van der Waals surface area contributed by atoms with Crippen molar-refractivity contribution in [1.82, 2.24) is 0 Å². The van der Waals surface area contributed by atoms with Crippen LogP contribution in [0.1, 0.15) is 5.56 Å². The highest BCUT2D eigenvalue weighted by atomic mass is 32.2. The van der Waals surface area contributed by atoms with Gasteiger partial charge in [0, 0.05) is 4.90 Å². The third kappa shape index (κ3) is 3.86. The highest BCUT2D eigenvalue weighted by molar-refractivity contribution is 7.85. The molecule has 0 aliphatic carbocycles. The van der Waals surface area contributed by atoms with Crippen LogP contribution in [0.2, 0.25) is 0 Å². The normalized spacial score (nSPS) is 15.0. The minimum Gasteiger partial charge on any atom is -0.254 e. The molecule has 2 unspecified atom stereocenters. The zero-order valence-corrected chi connectivity index (χ0v) is 9.81. The number of hydrogen-bond donors (Lipinski definition) is 0. The predicted octanol–water partition coefficient (Wildman–Crippen LogP) is 2.80. The number of hydrogen-bond acceptors (Lipinski definition) is 2. The molecular formula is C11H10F3NOS. The zero-order valence-electron chi connectivity index (χ0n) is 8.99. The summed E-state index contributed by atoms with van der Waals surface area (Å²) in [5.74, 6) is -2.91. The van der Waals surface area contributed by atoms with E-state index in [0.29, 0.717) is 4.90 Å². The Hall–Kier alpha value is -1.35. The first-order valence-corrected chi connectivity index (χ1v) is 6.08. The highest BCUT2D eigenvalue weighted by Crippen LogP contribution is 2.27. The number of nitrogens with zero attached hydrogens (tertiary/aromatic N) is 1. The van der Waals surface area contributed by atoms with E-state index in [2.05, 4.69) is 0 Å². The minimum absolute atomic E-state index is 0.314. The van der Waals surface area contributed by atoms with Crippen LogP contribution in [0.4, 0.5) is 13.2 Å². The summed E-state index contributed by atoms with van der Waals surface area (Å²) < 4.78 is 48.6. The molecule has 17 heavy (non-hydrogen) atoms. The van der Waals surface area contributed by atoms with Gasteiger partial charge in [0.15, 0.2) is 5.92 Å². The van der Waals surface area contributed by atoms with Crippen molar-refractivity contribution in [3.8, 4) is 6.07 Å². The summed E-state index contributed by atoms with van der Waals surface area (Å²) in [5.41, 5.74) is 0.816. The summed E-state index contributed by atoms with van der Waals surface area (Å²) in [4.78, 5) is 0.314. The number of halogens is 3. The molecule has 0 heterocycles. The summed E-state index contributed by atoms with van der Waals surface area (Å²) in [6.45, 7) is 1.76. The van der Waals surface area contributed by atoms with E-state index in [0.717, 1.165) is 11.6 Å². The fourth-order valence-electron chi connectivity index (χ4n) is 1.21. The first-order chi connectivity index (χ1) is 7.84. The standard InChI is InChI=1S/C11H10F3NOS/c1-8-3-2-4-10(5-8)17(16)7-9(6-15)11(12,13)14/h2-5,9H,7H2,1H3. The Morgan fingerprint density at radius 1 is 1.47 bits per heavy atom. The zero-order chi connectivity index (χ0) is 13.1. The van der Waals surface area contributed by atoms with Crippen molar-refractivity contribution in [2.75, 3.05) is 5.75 Å². The topological polar surface area (TPSA) is 40.9 Å². The first kappa shape index (κ1) is 13.7. The maximum atomic E-state index is 12.3. The van der Waals surface area contributed by atoms with Gasteiger partial charge in [0.2, 0.25) is 0 Å². The molecule has 1 aromatic carbocycles. The van der Waals surface area contributed by atoms with Crippen LogP contribution in [0.3, 0.4) is 0 Å². The fraction of sp³-hybridized carbons (Fsp3) is 0.364. The molecule has 0 saturated carbocycles. The molecular weight excluding hydrogens is 251 g/mol. The van der Waals surface area contributed by atoms with E-state index in [1.165, 1.54) is 6.07 Å². The van der Waals surface area contributed by atoms with Gasteiger partial charge in [-0.1, -0.05) is 12.1 Å². The molecule has 0 N–H and O–H groups in total. The Morgan fingerprint density at radius 3 is 2.59 bits per heavy atom. The average molecular weight is 261 g/mol. The first-order valence-electron chi connectivity index (χ1n) is 4.76. The van der Waals surface area contributed by atoms with Crippen molar-refractivity contribution in [2.45, 2.75) is 18.0 Å². The van der Waals surface area contributed by atoms with Crippen molar-refractivity contribution in [3.63, 3.8) is 0 Å². The third-order valence-corrected chi connectivity index (χ3v) is 3.54. The van der Waals surface area contributed by atoms with Gasteiger partial charge in [-0.2, -0.15) is 18.4 Å². The highest BCUT2D eigenvalue weighted by Gasteiger charge is 2.41. The van der Waals surface area contributed by atoms with Crippen LogP contribution < -0.4 is 0 Å². The third-order valence-electron chi connectivity index (χ3n) is 2.12. The molecule has 6 heteroatoms. The lowest BCUT2D eigenvalue weighted by molar-refractivity contribution is -0.153. The predicted molar refractivity (Wildman–Crippen MR) is 57.6 cm³/mol. The maximum Gasteiger partial charge on any atom is 0.405 e. The van der Waals surface area contributed by atoms with Gasteiger partial charge in [-0.25, -0.2) is 0 Å². The number of nitriles is 1. The second-order valence-electron chi connectivity index (χ2n) is 3.55. The lowest BCUT2D eigenvalue weighted by Gasteiger charge is -2.12. The lowest BCUT2D eigenvalue weighted by Crippen LogP contribution is -2.26. The Balaban J connectivity index is 2.83. The van der Waals surface area contributed by atoms with Crippen molar-refractivity contribution in [3.05, 3.63) is 29.8 Å². The molecule has 1 aromatic rings. The number of benzene rings is 1. The van der Waals surface area contributed by atoms with Crippen LogP contribution >= 0.6 is 0 Å². The Labute approximate surface area is 99.5 Å². The Morgan fingerprint density at radius 2 is 2.12 bits per heavy atom. The van der Waals surface area contributed by atoms with Crippen LogP contribution in [-0.2, 0) is 10.8 Å². The molecule has 0 bridgehead atoms. The van der Waals surface area contributed by atoms with Gasteiger partial charge in [-0.05, 0) is 24.6 Å². The van der Waals surface area contributed by atoms with E-state index in [1.54, 1.807) is 25.1 Å². The largest absolute Gasteiger partial charge is 0.405 e. The van der Waals surface area contributed by atoms with E-state index in [1.807, 2.05) is 0 Å². The Bertz CT molecular complexity index is 465. The van der Waals surface area contributed by atoms with Crippen molar-refractivity contribution < 1.29 is 17.4 Å². The maximum absolute atomic E-state index is 12.3. The fourth-order valence-corrected chi connectivity index (χ4v) is 2.52. The second-order valence-corrected chi connectivity index (χ2v) is 5.05. The summed E-state index contributed by atoms with van der Waals surface area (Å²) in [5, 5.41) is 8.41.